The average molecular weight is 413 g/mol. The van der Waals surface area contributed by atoms with Crippen molar-refractivity contribution >= 4 is 22.6 Å². The first kappa shape index (κ1) is 19.2. The van der Waals surface area contributed by atoms with Crippen molar-refractivity contribution in [1.82, 2.24) is 19.5 Å². The van der Waals surface area contributed by atoms with Gasteiger partial charge in [0, 0.05) is 36.6 Å². The summed E-state index contributed by atoms with van der Waals surface area (Å²) in [5.74, 6) is 0.130. The van der Waals surface area contributed by atoms with Gasteiger partial charge in [-0.05, 0) is 55.5 Å². The first-order valence-electron chi connectivity index (χ1n) is 10.4. The number of aromatic amines is 1. The molecule has 7 nitrogen and oxygen atoms in total. The van der Waals surface area contributed by atoms with E-state index in [0.717, 1.165) is 52.7 Å². The minimum absolute atomic E-state index is 0.0886. The summed E-state index contributed by atoms with van der Waals surface area (Å²) in [7, 11) is 1.72. The van der Waals surface area contributed by atoms with E-state index in [1.807, 2.05) is 37.3 Å². The standard InChI is InChI=1S/C24H23N5O2/c1-14-8-9-19(28-23(30)17-7-3-5-15-6-4-11-25-21(15)17)27-20(14)18-13-29(2)24(31)22-16(18)10-12-26-22/h4,6,8-13,17,26H,3,5,7H2,1-2H3,(H,27,28,30). The molecule has 0 saturated carbocycles. The van der Waals surface area contributed by atoms with Crippen LogP contribution in [0.3, 0.4) is 0 Å². The first-order valence-corrected chi connectivity index (χ1v) is 10.4. The SMILES string of the molecule is Cc1ccc(NC(=O)C2CCCc3cccnc32)nc1-c1cn(C)c(=O)c2[nH]ccc12. The molecule has 1 aliphatic rings. The molecule has 0 aromatic carbocycles. The summed E-state index contributed by atoms with van der Waals surface area (Å²) in [5, 5.41) is 3.80. The largest absolute Gasteiger partial charge is 0.357 e. The maximum absolute atomic E-state index is 13.1. The van der Waals surface area contributed by atoms with Gasteiger partial charge >= 0.3 is 0 Å². The molecule has 0 bridgehead atoms. The number of carbonyl (C=O) groups is 1. The van der Waals surface area contributed by atoms with Crippen molar-refractivity contribution in [2.45, 2.75) is 32.1 Å². The zero-order chi connectivity index (χ0) is 21.5. The van der Waals surface area contributed by atoms with Gasteiger partial charge in [0.25, 0.3) is 5.56 Å². The number of nitrogens with zero attached hydrogens (tertiary/aromatic N) is 3. The molecule has 2 N–H and O–H groups in total. The molecule has 4 aromatic heterocycles. The van der Waals surface area contributed by atoms with Gasteiger partial charge < -0.3 is 14.9 Å². The molecule has 1 aliphatic carbocycles. The highest BCUT2D eigenvalue weighted by Crippen LogP contribution is 2.32. The summed E-state index contributed by atoms with van der Waals surface area (Å²) in [6, 6.07) is 9.60. The molecule has 1 unspecified atom stereocenters. The lowest BCUT2D eigenvalue weighted by Crippen LogP contribution is -2.26. The zero-order valence-electron chi connectivity index (χ0n) is 17.5. The number of nitrogens with one attached hydrogen (secondary N) is 2. The molecule has 4 aromatic rings. The quantitative estimate of drug-likeness (QED) is 0.536. The van der Waals surface area contributed by atoms with Crippen LogP contribution in [0.25, 0.3) is 22.2 Å². The molecule has 7 heteroatoms. The van der Waals surface area contributed by atoms with Crippen LogP contribution in [0.4, 0.5) is 5.82 Å². The lowest BCUT2D eigenvalue weighted by atomic mass is 9.86. The van der Waals surface area contributed by atoms with Crippen LogP contribution in [-0.2, 0) is 18.3 Å². The molecule has 5 rings (SSSR count). The predicted molar refractivity (Wildman–Crippen MR) is 120 cm³/mol. The minimum atomic E-state index is -0.273. The minimum Gasteiger partial charge on any atom is -0.357 e. The van der Waals surface area contributed by atoms with Gasteiger partial charge in [-0.15, -0.1) is 0 Å². The number of pyridine rings is 3. The fraction of sp³-hybridized carbons (Fsp3) is 0.250. The Balaban J connectivity index is 1.51. The van der Waals surface area contributed by atoms with Crippen LogP contribution in [0.1, 0.15) is 35.6 Å². The van der Waals surface area contributed by atoms with Gasteiger partial charge in [-0.25, -0.2) is 4.98 Å². The number of carbonyl (C=O) groups excluding carboxylic acids is 1. The molecule has 0 aliphatic heterocycles. The molecule has 0 saturated heterocycles. The van der Waals surface area contributed by atoms with Gasteiger partial charge in [-0.2, -0.15) is 0 Å². The van der Waals surface area contributed by atoms with Gasteiger partial charge in [0.1, 0.15) is 11.3 Å². The topological polar surface area (TPSA) is 92.7 Å². The second-order valence-corrected chi connectivity index (χ2v) is 8.07. The van der Waals surface area contributed by atoms with Gasteiger partial charge in [-0.1, -0.05) is 12.1 Å². The third kappa shape index (κ3) is 3.32. The molecule has 1 amide bonds. The van der Waals surface area contributed by atoms with Crippen LogP contribution in [0.15, 0.2) is 53.7 Å². The Morgan fingerprint density at radius 3 is 3.00 bits per heavy atom. The molecular weight excluding hydrogens is 390 g/mol. The predicted octanol–water partition coefficient (Wildman–Crippen LogP) is 3.69. The number of rotatable bonds is 3. The smallest absolute Gasteiger partial charge is 0.274 e. The molecule has 31 heavy (non-hydrogen) atoms. The van der Waals surface area contributed by atoms with Crippen LogP contribution in [0, 0.1) is 6.92 Å². The van der Waals surface area contributed by atoms with E-state index in [0.29, 0.717) is 11.3 Å². The van der Waals surface area contributed by atoms with Crippen LogP contribution in [0.2, 0.25) is 0 Å². The van der Waals surface area contributed by atoms with Gasteiger partial charge in [0.05, 0.1) is 17.3 Å². The van der Waals surface area contributed by atoms with E-state index in [2.05, 4.69) is 15.3 Å². The number of hydrogen-bond acceptors (Lipinski definition) is 4. The van der Waals surface area contributed by atoms with E-state index < -0.39 is 0 Å². The number of fused-ring (bicyclic) bond motifs is 2. The maximum atomic E-state index is 13.1. The van der Waals surface area contributed by atoms with Crippen LogP contribution < -0.4 is 10.9 Å². The van der Waals surface area contributed by atoms with E-state index in [1.165, 1.54) is 0 Å². The molecule has 0 radical (unpaired) electrons. The van der Waals surface area contributed by atoms with Crippen molar-refractivity contribution in [3.05, 3.63) is 76.1 Å². The van der Waals surface area contributed by atoms with Crippen molar-refractivity contribution in [3.8, 4) is 11.3 Å². The Bertz CT molecular complexity index is 1370. The maximum Gasteiger partial charge on any atom is 0.274 e. The van der Waals surface area contributed by atoms with Crippen molar-refractivity contribution < 1.29 is 4.79 Å². The van der Waals surface area contributed by atoms with Crippen molar-refractivity contribution in [2.75, 3.05) is 5.32 Å². The number of amides is 1. The number of H-pyrrole nitrogens is 1. The van der Waals surface area contributed by atoms with Crippen LogP contribution in [-0.4, -0.2) is 25.4 Å². The zero-order valence-corrected chi connectivity index (χ0v) is 17.5. The van der Waals surface area contributed by atoms with E-state index in [9.17, 15) is 9.59 Å². The highest BCUT2D eigenvalue weighted by molar-refractivity contribution is 5.97. The first-order chi connectivity index (χ1) is 15.0. The number of anilines is 1. The lowest BCUT2D eigenvalue weighted by Gasteiger charge is -2.23. The lowest BCUT2D eigenvalue weighted by molar-refractivity contribution is -0.118. The number of hydrogen-bond donors (Lipinski definition) is 2. The van der Waals surface area contributed by atoms with E-state index in [-0.39, 0.29) is 17.4 Å². The Morgan fingerprint density at radius 1 is 1.26 bits per heavy atom. The Hall–Kier alpha value is -3.74. The molecule has 156 valence electrons. The summed E-state index contributed by atoms with van der Waals surface area (Å²) >= 11 is 0. The van der Waals surface area contributed by atoms with Crippen molar-refractivity contribution in [3.63, 3.8) is 0 Å². The summed E-state index contributed by atoms with van der Waals surface area (Å²) in [6.45, 7) is 1.97. The van der Waals surface area contributed by atoms with Crippen LogP contribution >= 0.6 is 0 Å². The molecule has 0 spiro atoms. The van der Waals surface area contributed by atoms with Gasteiger partial charge in [0.15, 0.2) is 0 Å². The van der Waals surface area contributed by atoms with Crippen molar-refractivity contribution in [2.24, 2.45) is 7.05 Å². The van der Waals surface area contributed by atoms with Gasteiger partial charge in [-0.3, -0.25) is 14.6 Å². The van der Waals surface area contributed by atoms with E-state index in [4.69, 9.17) is 4.98 Å². The molecular formula is C24H23N5O2. The Morgan fingerprint density at radius 2 is 2.13 bits per heavy atom. The fourth-order valence-corrected chi connectivity index (χ4v) is 4.41. The average Bonchev–Trinajstić information content (AvgIpc) is 3.27. The fourth-order valence-electron chi connectivity index (χ4n) is 4.41. The Kier molecular flexibility index (Phi) is 4.66. The van der Waals surface area contributed by atoms with Crippen molar-refractivity contribution in [1.29, 1.82) is 0 Å². The third-order valence-corrected chi connectivity index (χ3v) is 6.01. The summed E-state index contributed by atoms with van der Waals surface area (Å²) in [4.78, 5) is 37.7. The molecule has 1 atom stereocenters. The Labute approximate surface area is 179 Å². The number of aromatic nitrogens is 4. The molecule has 4 heterocycles. The monoisotopic (exact) mass is 413 g/mol. The van der Waals surface area contributed by atoms with Gasteiger partial charge in [0.2, 0.25) is 5.91 Å². The normalized spacial score (nSPS) is 15.6. The second-order valence-electron chi connectivity index (χ2n) is 8.07. The highest BCUT2D eigenvalue weighted by Gasteiger charge is 2.28. The van der Waals surface area contributed by atoms with Crippen LogP contribution in [0.5, 0.6) is 0 Å². The highest BCUT2D eigenvalue weighted by atomic mass is 16.2. The summed E-state index contributed by atoms with van der Waals surface area (Å²) < 4.78 is 1.55. The summed E-state index contributed by atoms with van der Waals surface area (Å²) in [5.41, 5.74) is 5.01. The van der Waals surface area contributed by atoms with E-state index in [1.54, 1.807) is 30.2 Å². The number of aryl methyl sites for hydroxylation is 3. The van der Waals surface area contributed by atoms with E-state index >= 15 is 0 Å². The third-order valence-electron chi connectivity index (χ3n) is 6.01. The summed E-state index contributed by atoms with van der Waals surface area (Å²) in [6.07, 6.45) is 7.99. The molecule has 0 fully saturated rings. The second kappa shape index (κ2) is 7.50.